The average molecular weight is 192 g/mol. The third-order valence-corrected chi connectivity index (χ3v) is 2.38. The maximum absolute atomic E-state index is 11.1. The van der Waals surface area contributed by atoms with E-state index in [4.69, 9.17) is 16.3 Å². The summed E-state index contributed by atoms with van der Waals surface area (Å²) in [6, 6.07) is 0. The normalized spacial score (nSPS) is 23.2. The van der Waals surface area contributed by atoms with Crippen LogP contribution in [0.5, 0.6) is 0 Å². The number of likely N-dealkylation sites (tertiary alicyclic amines) is 1. The van der Waals surface area contributed by atoms with Crippen LogP contribution >= 0.6 is 11.6 Å². The molecule has 1 rings (SSSR count). The molecule has 1 fully saturated rings. The maximum Gasteiger partial charge on any atom is 0.237 e. The van der Waals surface area contributed by atoms with Crippen LogP contribution in [-0.4, -0.2) is 43.5 Å². The first-order valence-corrected chi connectivity index (χ1v) is 4.64. The number of amides is 1. The number of nitrogens with zero attached hydrogens (tertiary/aromatic N) is 1. The molecule has 3 nitrogen and oxygen atoms in total. The monoisotopic (exact) mass is 191 g/mol. The molecule has 70 valence electrons. The van der Waals surface area contributed by atoms with Crippen LogP contribution in [0.1, 0.15) is 6.42 Å². The van der Waals surface area contributed by atoms with E-state index in [0.717, 1.165) is 26.1 Å². The molecule has 0 bridgehead atoms. The number of carbonyl (C=O) groups excluding carboxylic acids is 1. The van der Waals surface area contributed by atoms with Gasteiger partial charge in [-0.2, -0.15) is 0 Å². The van der Waals surface area contributed by atoms with Crippen molar-refractivity contribution >= 4 is 17.5 Å². The molecule has 1 saturated heterocycles. The Morgan fingerprint density at radius 2 is 2.50 bits per heavy atom. The van der Waals surface area contributed by atoms with Crippen LogP contribution in [0.15, 0.2) is 0 Å². The van der Waals surface area contributed by atoms with Crippen LogP contribution in [0.25, 0.3) is 0 Å². The molecule has 4 heteroatoms. The lowest BCUT2D eigenvalue weighted by atomic mass is 10.1. The second kappa shape index (κ2) is 4.67. The van der Waals surface area contributed by atoms with Crippen molar-refractivity contribution in [2.75, 3.05) is 32.7 Å². The van der Waals surface area contributed by atoms with Crippen molar-refractivity contribution in [3.8, 4) is 0 Å². The number of halogens is 1. The fourth-order valence-corrected chi connectivity index (χ4v) is 1.68. The highest BCUT2D eigenvalue weighted by atomic mass is 35.5. The Morgan fingerprint density at radius 1 is 1.75 bits per heavy atom. The van der Waals surface area contributed by atoms with Gasteiger partial charge < -0.3 is 9.64 Å². The molecule has 0 aromatic heterocycles. The molecule has 1 amide bonds. The van der Waals surface area contributed by atoms with Crippen LogP contribution in [0.2, 0.25) is 0 Å². The van der Waals surface area contributed by atoms with E-state index in [-0.39, 0.29) is 11.8 Å². The van der Waals surface area contributed by atoms with Gasteiger partial charge in [0.05, 0.1) is 6.61 Å². The Hall–Kier alpha value is -0.280. The van der Waals surface area contributed by atoms with Gasteiger partial charge in [-0.1, -0.05) is 0 Å². The minimum absolute atomic E-state index is 0.0373. The number of alkyl halides is 1. The molecule has 0 spiro atoms. The quantitative estimate of drug-likeness (QED) is 0.616. The molecule has 1 aliphatic heterocycles. The van der Waals surface area contributed by atoms with Crippen LogP contribution in [0.3, 0.4) is 0 Å². The van der Waals surface area contributed by atoms with E-state index in [1.165, 1.54) is 0 Å². The first-order valence-electron chi connectivity index (χ1n) is 4.10. The van der Waals surface area contributed by atoms with Crippen molar-refractivity contribution in [1.29, 1.82) is 0 Å². The Kier molecular flexibility index (Phi) is 3.82. The first kappa shape index (κ1) is 9.81. The molecule has 1 heterocycles. The summed E-state index contributed by atoms with van der Waals surface area (Å²) in [4.78, 5) is 12.9. The molecule has 1 atom stereocenters. The summed E-state index contributed by atoms with van der Waals surface area (Å²) in [5.41, 5.74) is 0. The lowest BCUT2D eigenvalue weighted by Crippen LogP contribution is -2.30. The SMILES string of the molecule is COC[C@@H]1CCN(C(=O)CCl)C1. The molecule has 0 aromatic rings. The zero-order valence-electron chi connectivity index (χ0n) is 7.25. The fourth-order valence-electron chi connectivity index (χ4n) is 1.52. The van der Waals surface area contributed by atoms with E-state index in [1.807, 2.05) is 0 Å². The standard InChI is InChI=1S/C8H14ClNO2/c1-12-6-7-2-3-10(5-7)8(11)4-9/h7H,2-6H2,1H3/t7-/m1/s1. The van der Waals surface area contributed by atoms with Gasteiger partial charge in [-0.15, -0.1) is 11.6 Å². The Bertz CT molecular complexity index is 163. The van der Waals surface area contributed by atoms with Gasteiger partial charge in [0, 0.05) is 26.1 Å². The van der Waals surface area contributed by atoms with Crippen LogP contribution in [0, 0.1) is 5.92 Å². The van der Waals surface area contributed by atoms with E-state index in [9.17, 15) is 4.79 Å². The van der Waals surface area contributed by atoms with Gasteiger partial charge in [0.2, 0.25) is 5.91 Å². The largest absolute Gasteiger partial charge is 0.384 e. The second-order valence-corrected chi connectivity index (χ2v) is 3.35. The van der Waals surface area contributed by atoms with Crippen molar-refractivity contribution in [2.24, 2.45) is 5.92 Å². The second-order valence-electron chi connectivity index (χ2n) is 3.08. The zero-order chi connectivity index (χ0) is 8.97. The summed E-state index contributed by atoms with van der Waals surface area (Å²) < 4.78 is 5.02. The predicted molar refractivity (Wildman–Crippen MR) is 47.3 cm³/mol. The Labute approximate surface area is 77.6 Å². The van der Waals surface area contributed by atoms with E-state index in [0.29, 0.717) is 5.92 Å². The molecular weight excluding hydrogens is 178 g/mol. The van der Waals surface area contributed by atoms with Crippen molar-refractivity contribution in [2.45, 2.75) is 6.42 Å². The van der Waals surface area contributed by atoms with Gasteiger partial charge in [-0.3, -0.25) is 4.79 Å². The number of ether oxygens (including phenoxy) is 1. The summed E-state index contributed by atoms with van der Waals surface area (Å²) in [5, 5.41) is 0. The van der Waals surface area contributed by atoms with Crippen molar-refractivity contribution in [1.82, 2.24) is 4.90 Å². The van der Waals surface area contributed by atoms with E-state index >= 15 is 0 Å². The maximum atomic E-state index is 11.1. The smallest absolute Gasteiger partial charge is 0.237 e. The highest BCUT2D eigenvalue weighted by Crippen LogP contribution is 2.16. The van der Waals surface area contributed by atoms with Gasteiger partial charge in [-0.25, -0.2) is 0 Å². The van der Waals surface area contributed by atoms with Crippen LogP contribution in [0.4, 0.5) is 0 Å². The number of hydrogen-bond donors (Lipinski definition) is 0. The number of rotatable bonds is 3. The molecule has 0 aromatic carbocycles. The summed E-state index contributed by atoms with van der Waals surface area (Å²) in [5.74, 6) is 0.636. The van der Waals surface area contributed by atoms with E-state index < -0.39 is 0 Å². The van der Waals surface area contributed by atoms with E-state index in [1.54, 1.807) is 12.0 Å². The summed E-state index contributed by atoms with van der Waals surface area (Å²) >= 11 is 5.43. The number of methoxy groups -OCH3 is 1. The Morgan fingerprint density at radius 3 is 3.08 bits per heavy atom. The molecule has 0 aliphatic carbocycles. The molecule has 0 N–H and O–H groups in total. The fraction of sp³-hybridized carbons (Fsp3) is 0.875. The van der Waals surface area contributed by atoms with Crippen LogP contribution in [-0.2, 0) is 9.53 Å². The first-order chi connectivity index (χ1) is 5.77. The third-order valence-electron chi connectivity index (χ3n) is 2.16. The lowest BCUT2D eigenvalue weighted by Gasteiger charge is -2.14. The highest BCUT2D eigenvalue weighted by molar-refractivity contribution is 6.27. The predicted octanol–water partition coefficient (Wildman–Crippen LogP) is 0.720. The molecular formula is C8H14ClNO2. The molecule has 0 saturated carbocycles. The van der Waals surface area contributed by atoms with Crippen LogP contribution < -0.4 is 0 Å². The van der Waals surface area contributed by atoms with Gasteiger partial charge in [-0.05, 0) is 6.42 Å². The van der Waals surface area contributed by atoms with Crippen molar-refractivity contribution in [3.05, 3.63) is 0 Å². The molecule has 0 radical (unpaired) electrons. The van der Waals surface area contributed by atoms with Gasteiger partial charge in [0.15, 0.2) is 0 Å². The van der Waals surface area contributed by atoms with E-state index in [2.05, 4.69) is 0 Å². The van der Waals surface area contributed by atoms with Crippen molar-refractivity contribution < 1.29 is 9.53 Å². The third kappa shape index (κ3) is 2.35. The van der Waals surface area contributed by atoms with Gasteiger partial charge >= 0.3 is 0 Å². The summed E-state index contributed by atoms with van der Waals surface area (Å²) in [6.07, 6.45) is 1.04. The van der Waals surface area contributed by atoms with Crippen molar-refractivity contribution in [3.63, 3.8) is 0 Å². The molecule has 1 aliphatic rings. The zero-order valence-corrected chi connectivity index (χ0v) is 8.01. The molecule has 12 heavy (non-hydrogen) atoms. The number of carbonyl (C=O) groups is 1. The summed E-state index contributed by atoms with van der Waals surface area (Å²) in [6.45, 7) is 2.38. The topological polar surface area (TPSA) is 29.5 Å². The Balaban J connectivity index is 2.30. The van der Waals surface area contributed by atoms with Gasteiger partial charge in [0.1, 0.15) is 5.88 Å². The van der Waals surface area contributed by atoms with Gasteiger partial charge in [0.25, 0.3) is 0 Å². The highest BCUT2D eigenvalue weighted by Gasteiger charge is 2.25. The molecule has 0 unspecified atom stereocenters. The summed E-state index contributed by atoms with van der Waals surface area (Å²) in [7, 11) is 1.69. The minimum atomic E-state index is 0.0373. The number of hydrogen-bond acceptors (Lipinski definition) is 2. The average Bonchev–Trinajstić information content (AvgIpc) is 2.52. The minimum Gasteiger partial charge on any atom is -0.384 e. The lowest BCUT2D eigenvalue weighted by molar-refractivity contribution is -0.127.